The van der Waals surface area contributed by atoms with Crippen LogP contribution in [-0.2, 0) is 20.8 Å². The highest BCUT2D eigenvalue weighted by Gasteiger charge is 2.30. The number of sulfone groups is 1. The van der Waals surface area contributed by atoms with E-state index in [9.17, 15) is 26.4 Å². The minimum atomic E-state index is -4.52. The second-order valence-electron chi connectivity index (χ2n) is 6.65. The number of halogens is 3. The van der Waals surface area contributed by atoms with E-state index in [1.807, 2.05) is 0 Å². The van der Waals surface area contributed by atoms with Gasteiger partial charge in [-0.15, -0.1) is 0 Å². The van der Waals surface area contributed by atoms with Gasteiger partial charge in [0.15, 0.2) is 9.84 Å². The van der Waals surface area contributed by atoms with Crippen LogP contribution in [0.15, 0.2) is 59.8 Å². The summed E-state index contributed by atoms with van der Waals surface area (Å²) >= 11 is 0. The van der Waals surface area contributed by atoms with Crippen molar-refractivity contribution in [3.05, 3.63) is 60.4 Å². The zero-order chi connectivity index (χ0) is 22.8. The minimum absolute atomic E-state index is 0.0860. The van der Waals surface area contributed by atoms with Crippen LogP contribution >= 0.6 is 0 Å². The Morgan fingerprint density at radius 1 is 1.03 bits per heavy atom. The predicted octanol–water partition coefficient (Wildman–Crippen LogP) is 4.27. The second kappa shape index (κ2) is 8.34. The Kier molecular flexibility index (Phi) is 5.98. The molecule has 0 spiro atoms. The zero-order valence-electron chi connectivity index (χ0n) is 16.4. The van der Waals surface area contributed by atoms with Crippen LogP contribution in [0.2, 0.25) is 0 Å². The monoisotopic (exact) mass is 450 g/mol. The number of nitrogens with one attached hydrogen (secondary N) is 2. The molecule has 7 nitrogen and oxygen atoms in total. The quantitative estimate of drug-likeness (QED) is 0.602. The maximum absolute atomic E-state index is 12.8. The molecule has 0 bridgehead atoms. The molecule has 0 fully saturated rings. The standard InChI is InChI=1S/C20H17F3N4O3S/c1-12(28)26-19-9-18(27-14-4-3-5-15(8-14)31(2,29)30)16(11-25-19)17-7-6-13(10-24-17)20(21,22)23/h3-11H,1-2H3,(H2,25,26,27,28). The topological polar surface area (TPSA) is 101 Å². The Morgan fingerprint density at radius 3 is 2.35 bits per heavy atom. The molecular weight excluding hydrogens is 433 g/mol. The molecule has 0 saturated carbocycles. The van der Waals surface area contributed by atoms with E-state index in [-0.39, 0.29) is 22.3 Å². The molecule has 0 saturated heterocycles. The molecule has 3 rings (SSSR count). The molecule has 0 aliphatic carbocycles. The fraction of sp³-hybridized carbons (Fsp3) is 0.150. The van der Waals surface area contributed by atoms with Crippen molar-refractivity contribution < 1.29 is 26.4 Å². The number of aromatic nitrogens is 2. The number of anilines is 3. The van der Waals surface area contributed by atoms with Crippen molar-refractivity contribution >= 4 is 32.9 Å². The van der Waals surface area contributed by atoms with Gasteiger partial charge in [0.25, 0.3) is 0 Å². The summed E-state index contributed by atoms with van der Waals surface area (Å²) in [5.41, 5.74) is 0.436. The van der Waals surface area contributed by atoms with Gasteiger partial charge in [0.1, 0.15) is 5.82 Å². The molecular formula is C20H17F3N4O3S. The lowest BCUT2D eigenvalue weighted by molar-refractivity contribution is -0.137. The first-order valence-corrected chi connectivity index (χ1v) is 10.7. The van der Waals surface area contributed by atoms with Crippen molar-refractivity contribution in [3.63, 3.8) is 0 Å². The van der Waals surface area contributed by atoms with Crippen LogP contribution in [0, 0.1) is 0 Å². The lowest BCUT2D eigenvalue weighted by Gasteiger charge is -2.14. The van der Waals surface area contributed by atoms with E-state index < -0.39 is 21.6 Å². The highest BCUT2D eigenvalue weighted by molar-refractivity contribution is 7.90. The number of hydrogen-bond donors (Lipinski definition) is 2. The van der Waals surface area contributed by atoms with Crippen molar-refractivity contribution in [2.24, 2.45) is 0 Å². The molecule has 0 radical (unpaired) electrons. The third-order valence-corrected chi connectivity index (χ3v) is 5.23. The largest absolute Gasteiger partial charge is 0.417 e. The van der Waals surface area contributed by atoms with Gasteiger partial charge in [0.05, 0.1) is 21.8 Å². The fourth-order valence-electron chi connectivity index (χ4n) is 2.69. The maximum atomic E-state index is 12.8. The van der Waals surface area contributed by atoms with Gasteiger partial charge in [-0.25, -0.2) is 13.4 Å². The first kappa shape index (κ1) is 22.2. The Hall–Kier alpha value is -3.47. The van der Waals surface area contributed by atoms with Crippen molar-refractivity contribution in [3.8, 4) is 11.3 Å². The molecule has 2 N–H and O–H groups in total. The Morgan fingerprint density at radius 2 is 1.77 bits per heavy atom. The smallest absolute Gasteiger partial charge is 0.355 e. The average molecular weight is 450 g/mol. The summed E-state index contributed by atoms with van der Waals surface area (Å²) in [5, 5.41) is 5.54. The summed E-state index contributed by atoms with van der Waals surface area (Å²) in [7, 11) is -3.45. The van der Waals surface area contributed by atoms with E-state index in [1.54, 1.807) is 12.1 Å². The number of hydrogen-bond acceptors (Lipinski definition) is 6. The van der Waals surface area contributed by atoms with Gasteiger partial charge in [-0.1, -0.05) is 6.07 Å². The summed E-state index contributed by atoms with van der Waals surface area (Å²) in [4.78, 5) is 19.4. The van der Waals surface area contributed by atoms with Gasteiger partial charge in [-0.2, -0.15) is 13.2 Å². The molecule has 1 amide bonds. The molecule has 162 valence electrons. The van der Waals surface area contributed by atoms with Crippen LogP contribution < -0.4 is 10.6 Å². The Labute approximate surface area is 176 Å². The first-order chi connectivity index (χ1) is 14.4. The zero-order valence-corrected chi connectivity index (χ0v) is 17.2. The van der Waals surface area contributed by atoms with E-state index in [0.29, 0.717) is 23.1 Å². The average Bonchev–Trinajstić information content (AvgIpc) is 2.67. The Balaban J connectivity index is 2.05. The van der Waals surface area contributed by atoms with Gasteiger partial charge in [0, 0.05) is 42.9 Å². The van der Waals surface area contributed by atoms with Crippen LogP contribution in [-0.4, -0.2) is 30.5 Å². The van der Waals surface area contributed by atoms with Crippen LogP contribution in [0.5, 0.6) is 0 Å². The van der Waals surface area contributed by atoms with Crippen LogP contribution in [0.1, 0.15) is 12.5 Å². The third-order valence-electron chi connectivity index (χ3n) is 4.12. The molecule has 1 aromatic carbocycles. The summed E-state index contributed by atoms with van der Waals surface area (Å²) in [6, 6.07) is 9.60. The van der Waals surface area contributed by atoms with E-state index in [0.717, 1.165) is 12.3 Å². The van der Waals surface area contributed by atoms with Gasteiger partial charge < -0.3 is 10.6 Å². The van der Waals surface area contributed by atoms with E-state index in [4.69, 9.17) is 0 Å². The highest BCUT2D eigenvalue weighted by Crippen LogP contribution is 2.33. The van der Waals surface area contributed by atoms with E-state index in [1.165, 1.54) is 37.4 Å². The van der Waals surface area contributed by atoms with Crippen molar-refractivity contribution in [2.75, 3.05) is 16.9 Å². The van der Waals surface area contributed by atoms with Gasteiger partial charge in [-0.05, 0) is 30.3 Å². The molecule has 0 aliphatic heterocycles. The lowest BCUT2D eigenvalue weighted by Crippen LogP contribution is -2.08. The number of amides is 1. The first-order valence-electron chi connectivity index (χ1n) is 8.82. The fourth-order valence-corrected chi connectivity index (χ4v) is 3.36. The number of nitrogens with zero attached hydrogens (tertiary/aromatic N) is 2. The molecule has 31 heavy (non-hydrogen) atoms. The SMILES string of the molecule is CC(=O)Nc1cc(Nc2cccc(S(C)(=O)=O)c2)c(-c2ccc(C(F)(F)F)cn2)cn1. The molecule has 2 aromatic heterocycles. The number of carbonyl (C=O) groups excluding carboxylic acids is 1. The van der Waals surface area contributed by atoms with E-state index in [2.05, 4.69) is 20.6 Å². The van der Waals surface area contributed by atoms with E-state index >= 15 is 0 Å². The van der Waals surface area contributed by atoms with Crippen LogP contribution in [0.3, 0.4) is 0 Å². The molecule has 3 aromatic rings. The predicted molar refractivity (Wildman–Crippen MR) is 110 cm³/mol. The molecule has 2 heterocycles. The number of rotatable bonds is 5. The van der Waals surface area contributed by atoms with Gasteiger partial charge in [0.2, 0.25) is 5.91 Å². The maximum Gasteiger partial charge on any atom is 0.417 e. The van der Waals surface area contributed by atoms with Gasteiger partial charge >= 0.3 is 6.18 Å². The minimum Gasteiger partial charge on any atom is -0.355 e. The van der Waals surface area contributed by atoms with Crippen molar-refractivity contribution in [1.29, 1.82) is 0 Å². The van der Waals surface area contributed by atoms with Crippen molar-refractivity contribution in [1.82, 2.24) is 9.97 Å². The summed E-state index contributed by atoms with van der Waals surface area (Å²) in [6.45, 7) is 1.30. The lowest BCUT2D eigenvalue weighted by atomic mass is 10.1. The number of carbonyl (C=O) groups is 1. The second-order valence-corrected chi connectivity index (χ2v) is 8.67. The molecule has 11 heteroatoms. The summed E-state index contributed by atoms with van der Waals surface area (Å²) in [6.07, 6.45) is -1.38. The summed E-state index contributed by atoms with van der Waals surface area (Å²) < 4.78 is 62.2. The molecule has 0 aliphatic rings. The summed E-state index contributed by atoms with van der Waals surface area (Å²) in [5.74, 6) is -0.164. The third kappa shape index (κ3) is 5.57. The Bertz CT molecular complexity index is 1230. The number of benzene rings is 1. The van der Waals surface area contributed by atoms with Crippen LogP contribution in [0.4, 0.5) is 30.4 Å². The normalized spacial score (nSPS) is 11.8. The number of pyridine rings is 2. The van der Waals surface area contributed by atoms with Crippen LogP contribution in [0.25, 0.3) is 11.3 Å². The highest BCUT2D eigenvalue weighted by atomic mass is 32.2. The van der Waals surface area contributed by atoms with Gasteiger partial charge in [-0.3, -0.25) is 9.78 Å². The number of alkyl halides is 3. The molecule has 0 atom stereocenters. The molecule has 0 unspecified atom stereocenters. The van der Waals surface area contributed by atoms with Crippen molar-refractivity contribution in [2.45, 2.75) is 18.0 Å².